The molecule has 0 aliphatic heterocycles. The summed E-state index contributed by atoms with van der Waals surface area (Å²) in [7, 11) is 0. The average Bonchev–Trinajstić information content (AvgIpc) is 1.64. The first-order valence-corrected chi connectivity index (χ1v) is 1.90. The second kappa shape index (κ2) is 2.61. The minimum Gasteiger partial charge on any atom is -0.480 e. The Labute approximate surface area is 45.4 Å². The van der Waals surface area contributed by atoms with E-state index >= 15 is 0 Å². The third kappa shape index (κ3) is 1.87. The molecule has 0 heterocycles. The van der Waals surface area contributed by atoms with Gasteiger partial charge in [-0.2, -0.15) is 0 Å². The number of aliphatic carboxylic acids is 1. The molecule has 0 radical (unpaired) electrons. The van der Waals surface area contributed by atoms with E-state index < -0.39 is 18.3 Å². The zero-order chi connectivity index (χ0) is 6.73. The molecule has 5 nitrogen and oxygen atoms in total. The van der Waals surface area contributed by atoms with Crippen LogP contribution in [0.4, 0.5) is 0 Å². The molecule has 1 atom stereocenters. The molecular weight excluding hydrogens is 114 g/mol. The number of aliphatic hydroxyl groups excluding tert-OH is 1. The predicted octanol–water partition coefficient (Wildman–Crippen LogP) is -2.29. The number of hydrogen-bond acceptors (Lipinski definition) is 4. The van der Waals surface area contributed by atoms with Crippen LogP contribution in [-0.2, 0) is 4.79 Å². The number of carbonyl (C=O) groups is 1. The molecular formula is C3H7NO4. The highest BCUT2D eigenvalue weighted by atomic mass is 16.5. The van der Waals surface area contributed by atoms with Crippen molar-refractivity contribution in [3.05, 3.63) is 0 Å². The van der Waals surface area contributed by atoms with Crippen LogP contribution in [0, 0.1) is 0 Å². The molecule has 0 spiro atoms. The largest absolute Gasteiger partial charge is 0.480 e. The van der Waals surface area contributed by atoms with Gasteiger partial charge in [0.15, 0.2) is 12.3 Å². The van der Waals surface area contributed by atoms with Crippen LogP contribution in [0.5, 0.6) is 0 Å². The van der Waals surface area contributed by atoms with E-state index in [4.69, 9.17) is 15.3 Å². The van der Waals surface area contributed by atoms with E-state index in [9.17, 15) is 4.79 Å². The molecule has 0 aliphatic carbocycles. The van der Waals surface area contributed by atoms with Gasteiger partial charge in [0.1, 0.15) is 0 Å². The molecule has 0 saturated heterocycles. The highest BCUT2D eigenvalue weighted by Gasteiger charge is 2.18. The predicted molar refractivity (Wildman–Crippen MR) is 23.8 cm³/mol. The zero-order valence-electron chi connectivity index (χ0n) is 3.98. The van der Waals surface area contributed by atoms with Gasteiger partial charge in [-0.25, -0.2) is 0 Å². The third-order valence-electron chi connectivity index (χ3n) is 0.606. The second-order valence-electron chi connectivity index (χ2n) is 1.28. The molecule has 0 rings (SSSR count). The van der Waals surface area contributed by atoms with Crippen LogP contribution in [0.3, 0.4) is 0 Å². The summed E-state index contributed by atoms with van der Waals surface area (Å²) in [6, 6.07) is -1.60. The summed E-state index contributed by atoms with van der Waals surface area (Å²) in [5, 5.41) is 24.0. The van der Waals surface area contributed by atoms with Crippen molar-refractivity contribution in [2.75, 3.05) is 0 Å². The lowest BCUT2D eigenvalue weighted by molar-refractivity contribution is -0.149. The molecule has 0 aromatic rings. The number of nitrogens with two attached hydrogens (primary N) is 1. The van der Waals surface area contributed by atoms with Gasteiger partial charge in [0.2, 0.25) is 0 Å². The quantitative estimate of drug-likeness (QED) is 0.308. The molecule has 0 aromatic carbocycles. The van der Waals surface area contributed by atoms with Gasteiger partial charge in [-0.05, 0) is 0 Å². The monoisotopic (exact) mass is 121 g/mol. The summed E-state index contributed by atoms with van der Waals surface area (Å²) in [5.74, 6) is -1.43. The van der Waals surface area contributed by atoms with Crippen LogP contribution < -0.4 is 5.73 Å². The Morgan fingerprint density at radius 3 is 1.88 bits per heavy atom. The Morgan fingerprint density at radius 1 is 1.50 bits per heavy atom. The summed E-state index contributed by atoms with van der Waals surface area (Å²) < 4.78 is 0. The van der Waals surface area contributed by atoms with Crippen LogP contribution in [0.2, 0.25) is 0 Å². The minimum absolute atomic E-state index is 1.43. The molecule has 0 saturated carbocycles. The van der Waals surface area contributed by atoms with Gasteiger partial charge in [0.25, 0.3) is 0 Å². The first-order valence-electron chi connectivity index (χ1n) is 1.90. The molecule has 5 N–H and O–H groups in total. The Kier molecular flexibility index (Phi) is 2.40. The molecule has 8 heavy (non-hydrogen) atoms. The Bertz CT molecular complexity index is 91.3. The van der Waals surface area contributed by atoms with Crippen molar-refractivity contribution >= 4 is 5.97 Å². The van der Waals surface area contributed by atoms with Crippen LogP contribution in [0.1, 0.15) is 0 Å². The van der Waals surface area contributed by atoms with Crippen LogP contribution in [0.25, 0.3) is 0 Å². The van der Waals surface area contributed by atoms with Crippen molar-refractivity contribution in [2.45, 2.75) is 12.3 Å². The molecule has 0 bridgehead atoms. The smallest absolute Gasteiger partial charge is 0.325 e. The molecule has 0 aliphatic rings. The fourth-order valence-electron chi connectivity index (χ4n) is 0.128. The lowest BCUT2D eigenvalue weighted by Gasteiger charge is -2.05. The Hall–Kier alpha value is -0.650. The molecule has 0 amide bonds. The van der Waals surface area contributed by atoms with Gasteiger partial charge in [-0.1, -0.05) is 0 Å². The second-order valence-corrected chi connectivity index (χ2v) is 1.28. The average molecular weight is 121 g/mol. The van der Waals surface area contributed by atoms with E-state index in [0.717, 1.165) is 0 Å². The van der Waals surface area contributed by atoms with Crippen molar-refractivity contribution in [3.8, 4) is 0 Å². The van der Waals surface area contributed by atoms with Crippen molar-refractivity contribution in [1.29, 1.82) is 0 Å². The van der Waals surface area contributed by atoms with Gasteiger partial charge in [-0.15, -0.1) is 0 Å². The van der Waals surface area contributed by atoms with Crippen LogP contribution in [-0.4, -0.2) is 33.6 Å². The summed E-state index contributed by atoms with van der Waals surface area (Å²) >= 11 is 0. The molecule has 48 valence electrons. The summed E-state index contributed by atoms with van der Waals surface area (Å²) in [6.07, 6.45) is -1.98. The van der Waals surface area contributed by atoms with E-state index in [-0.39, 0.29) is 0 Å². The van der Waals surface area contributed by atoms with E-state index in [0.29, 0.717) is 0 Å². The molecule has 5 heteroatoms. The van der Waals surface area contributed by atoms with Gasteiger partial charge in [0, 0.05) is 0 Å². The van der Waals surface area contributed by atoms with Crippen LogP contribution in [0.15, 0.2) is 0 Å². The van der Waals surface area contributed by atoms with Gasteiger partial charge >= 0.3 is 5.97 Å². The van der Waals surface area contributed by atoms with Crippen molar-refractivity contribution < 1.29 is 20.1 Å². The number of carboxylic acids is 1. The Morgan fingerprint density at radius 2 is 1.88 bits per heavy atom. The topological polar surface area (TPSA) is 104 Å². The fourth-order valence-corrected chi connectivity index (χ4v) is 0.128. The maximum absolute atomic E-state index is 9.70. The van der Waals surface area contributed by atoms with Crippen molar-refractivity contribution in [2.24, 2.45) is 5.73 Å². The lowest BCUT2D eigenvalue weighted by Crippen LogP contribution is -2.41. The van der Waals surface area contributed by atoms with Gasteiger partial charge in [0.05, 0.1) is 0 Å². The first-order chi connectivity index (χ1) is 3.55. The molecule has 0 unspecified atom stereocenters. The summed E-state index contributed by atoms with van der Waals surface area (Å²) in [5.41, 5.74) is 4.66. The highest BCUT2D eigenvalue weighted by molar-refractivity contribution is 5.73. The Balaban J connectivity index is 3.64. The van der Waals surface area contributed by atoms with E-state index in [1.54, 1.807) is 0 Å². The van der Waals surface area contributed by atoms with Crippen LogP contribution >= 0.6 is 0 Å². The highest BCUT2D eigenvalue weighted by Crippen LogP contribution is 1.82. The zero-order valence-corrected chi connectivity index (χ0v) is 3.98. The van der Waals surface area contributed by atoms with Crippen molar-refractivity contribution in [1.82, 2.24) is 0 Å². The van der Waals surface area contributed by atoms with Crippen molar-refractivity contribution in [3.63, 3.8) is 0 Å². The lowest BCUT2D eigenvalue weighted by atomic mass is 10.3. The summed E-state index contributed by atoms with van der Waals surface area (Å²) in [6.45, 7) is 0. The fraction of sp³-hybridized carbons (Fsp3) is 0.667. The minimum atomic E-state index is -1.98. The first kappa shape index (κ1) is 7.35. The number of aliphatic hydroxyl groups is 2. The van der Waals surface area contributed by atoms with E-state index in [2.05, 4.69) is 5.73 Å². The number of hydrogen-bond donors (Lipinski definition) is 4. The maximum Gasteiger partial charge on any atom is 0.325 e. The van der Waals surface area contributed by atoms with Gasteiger partial charge < -0.3 is 21.1 Å². The molecule has 0 aromatic heterocycles. The molecule has 0 fully saturated rings. The standard InChI is InChI=1S/C3H7NO4/c4-1(2(5)6)3(7)8/h1-2,5-6H,4H2,(H,7,8)/t1-/m1/s1. The summed E-state index contributed by atoms with van der Waals surface area (Å²) in [4.78, 5) is 9.70. The number of carboxylic acid groups (broad SMARTS) is 1. The SMILES string of the molecule is N[C@@H](C(=O)O)C(O)O. The third-order valence-corrected chi connectivity index (χ3v) is 0.606. The van der Waals surface area contributed by atoms with Gasteiger partial charge in [-0.3, -0.25) is 4.79 Å². The van der Waals surface area contributed by atoms with E-state index in [1.807, 2.05) is 0 Å². The normalized spacial score (nSPS) is 14.0. The maximum atomic E-state index is 9.70. The number of rotatable bonds is 2. The van der Waals surface area contributed by atoms with E-state index in [1.165, 1.54) is 0 Å².